The molecule has 0 aromatic heterocycles. The Labute approximate surface area is 168 Å². The van der Waals surface area contributed by atoms with E-state index in [0.717, 1.165) is 23.4 Å². The van der Waals surface area contributed by atoms with Crippen LogP contribution in [0.25, 0.3) is 0 Å². The summed E-state index contributed by atoms with van der Waals surface area (Å²) in [6, 6.07) is 13.0. The molecule has 1 fully saturated rings. The van der Waals surface area contributed by atoms with Gasteiger partial charge in [0.15, 0.2) is 0 Å². The molecule has 0 radical (unpaired) electrons. The van der Waals surface area contributed by atoms with Gasteiger partial charge in [-0.05, 0) is 36.2 Å². The lowest BCUT2D eigenvalue weighted by Gasteiger charge is -2.19. The Kier molecular flexibility index (Phi) is 6.63. The molecule has 1 N–H and O–H groups in total. The van der Waals surface area contributed by atoms with Gasteiger partial charge in [0.25, 0.3) is 0 Å². The molecule has 2 amide bonds. The van der Waals surface area contributed by atoms with E-state index in [0.29, 0.717) is 35.2 Å². The lowest BCUT2D eigenvalue weighted by Crippen LogP contribution is -2.24. The molecular weight excluding hydrogens is 384 g/mol. The number of nitrogens with zero attached hydrogens (tertiary/aromatic N) is 1. The predicted molar refractivity (Wildman–Crippen MR) is 111 cm³/mol. The third-order valence-corrected chi connectivity index (χ3v) is 5.50. The van der Waals surface area contributed by atoms with Gasteiger partial charge in [-0.1, -0.05) is 23.7 Å². The zero-order valence-electron chi connectivity index (χ0n) is 15.0. The Morgan fingerprint density at radius 1 is 1.26 bits per heavy atom. The average Bonchev–Trinajstić information content (AvgIpc) is 3.09. The number of anilines is 2. The minimum Gasteiger partial charge on any atom is -0.494 e. The number of hydrogen-bond donors (Lipinski definition) is 1. The molecule has 0 bridgehead atoms. The van der Waals surface area contributed by atoms with Crippen LogP contribution in [0.1, 0.15) is 18.4 Å². The molecule has 0 spiro atoms. The molecule has 0 unspecified atom stereocenters. The summed E-state index contributed by atoms with van der Waals surface area (Å²) < 4.78 is 5.42. The SMILES string of the molecule is COc1cc(NC(=O)CSCc2ccc(Cl)cc2)ccc1N1CCCC1=O. The zero-order chi connectivity index (χ0) is 19.2. The summed E-state index contributed by atoms with van der Waals surface area (Å²) in [6.07, 6.45) is 1.41. The Hall–Kier alpha value is -2.18. The van der Waals surface area contributed by atoms with Crippen molar-refractivity contribution >= 4 is 46.6 Å². The van der Waals surface area contributed by atoms with E-state index < -0.39 is 0 Å². The number of hydrogen-bond acceptors (Lipinski definition) is 4. The van der Waals surface area contributed by atoms with Crippen LogP contribution in [0.4, 0.5) is 11.4 Å². The maximum Gasteiger partial charge on any atom is 0.234 e. The van der Waals surface area contributed by atoms with Crippen LogP contribution in [0.15, 0.2) is 42.5 Å². The number of nitrogens with one attached hydrogen (secondary N) is 1. The van der Waals surface area contributed by atoms with E-state index in [-0.39, 0.29) is 11.8 Å². The minimum atomic E-state index is -0.0824. The van der Waals surface area contributed by atoms with Gasteiger partial charge in [-0.25, -0.2) is 0 Å². The molecule has 3 rings (SSSR count). The molecule has 7 heteroatoms. The fraction of sp³-hybridized carbons (Fsp3) is 0.300. The van der Waals surface area contributed by atoms with Crippen LogP contribution in [-0.2, 0) is 15.3 Å². The highest BCUT2D eigenvalue weighted by Crippen LogP contribution is 2.33. The van der Waals surface area contributed by atoms with Crippen molar-refractivity contribution in [2.45, 2.75) is 18.6 Å². The largest absolute Gasteiger partial charge is 0.494 e. The van der Waals surface area contributed by atoms with Crippen molar-refractivity contribution in [2.75, 3.05) is 29.6 Å². The third-order valence-electron chi connectivity index (χ3n) is 4.24. The molecule has 5 nitrogen and oxygen atoms in total. The van der Waals surface area contributed by atoms with Crippen LogP contribution in [0.2, 0.25) is 5.02 Å². The number of ether oxygens (including phenoxy) is 1. The maximum absolute atomic E-state index is 12.2. The van der Waals surface area contributed by atoms with Crippen LogP contribution in [-0.4, -0.2) is 31.2 Å². The van der Waals surface area contributed by atoms with Crippen molar-refractivity contribution in [2.24, 2.45) is 0 Å². The fourth-order valence-electron chi connectivity index (χ4n) is 2.92. The van der Waals surface area contributed by atoms with Crippen molar-refractivity contribution < 1.29 is 14.3 Å². The van der Waals surface area contributed by atoms with Crippen LogP contribution in [0, 0.1) is 0 Å². The normalized spacial score (nSPS) is 13.7. The van der Waals surface area contributed by atoms with Crippen LogP contribution < -0.4 is 15.0 Å². The second-order valence-corrected chi connectivity index (χ2v) is 7.63. The second kappa shape index (κ2) is 9.15. The molecule has 142 valence electrons. The van der Waals surface area contributed by atoms with Crippen molar-refractivity contribution in [1.29, 1.82) is 0 Å². The molecule has 1 aliphatic rings. The predicted octanol–water partition coefficient (Wildman–Crippen LogP) is 4.35. The molecule has 2 aromatic carbocycles. The summed E-state index contributed by atoms with van der Waals surface area (Å²) in [4.78, 5) is 25.9. The van der Waals surface area contributed by atoms with Gasteiger partial charge in [-0.3, -0.25) is 9.59 Å². The first kappa shape index (κ1) is 19.6. The minimum absolute atomic E-state index is 0.0824. The van der Waals surface area contributed by atoms with Gasteiger partial charge in [-0.2, -0.15) is 0 Å². The number of rotatable bonds is 7. The van der Waals surface area contributed by atoms with Gasteiger partial charge < -0.3 is 15.0 Å². The van der Waals surface area contributed by atoms with Crippen LogP contribution >= 0.6 is 23.4 Å². The summed E-state index contributed by atoms with van der Waals surface area (Å²) in [7, 11) is 1.56. The van der Waals surface area contributed by atoms with Crippen molar-refractivity contribution in [3.8, 4) is 5.75 Å². The molecule has 2 aromatic rings. The number of thioether (sulfide) groups is 1. The molecular formula is C20H21ClN2O3S. The molecule has 0 saturated carbocycles. The van der Waals surface area contributed by atoms with Gasteiger partial charge in [0, 0.05) is 35.5 Å². The van der Waals surface area contributed by atoms with Crippen LogP contribution in [0.5, 0.6) is 5.75 Å². The average molecular weight is 405 g/mol. The van der Waals surface area contributed by atoms with Crippen molar-refractivity contribution in [3.63, 3.8) is 0 Å². The molecule has 0 aliphatic carbocycles. The van der Waals surface area contributed by atoms with E-state index in [1.807, 2.05) is 30.3 Å². The topological polar surface area (TPSA) is 58.6 Å². The smallest absolute Gasteiger partial charge is 0.234 e. The van der Waals surface area contributed by atoms with Gasteiger partial charge in [0.1, 0.15) is 5.75 Å². The standard InChI is InChI=1S/C20H21ClN2O3S/c1-26-18-11-16(8-9-17(18)23-10-2-3-20(23)25)22-19(24)13-27-12-14-4-6-15(21)7-5-14/h4-9,11H,2-3,10,12-13H2,1H3,(H,22,24). The monoisotopic (exact) mass is 404 g/mol. The van der Waals surface area contributed by atoms with Gasteiger partial charge in [-0.15, -0.1) is 11.8 Å². The fourth-order valence-corrected chi connectivity index (χ4v) is 3.83. The summed E-state index contributed by atoms with van der Waals surface area (Å²) in [5.41, 5.74) is 2.52. The summed E-state index contributed by atoms with van der Waals surface area (Å²) in [6.45, 7) is 0.697. The van der Waals surface area contributed by atoms with E-state index in [1.54, 1.807) is 24.1 Å². The highest BCUT2D eigenvalue weighted by Gasteiger charge is 2.24. The van der Waals surface area contributed by atoms with Crippen LogP contribution in [0.3, 0.4) is 0 Å². The van der Waals surface area contributed by atoms with E-state index >= 15 is 0 Å². The first-order valence-electron chi connectivity index (χ1n) is 8.67. The van der Waals surface area contributed by atoms with E-state index in [1.165, 1.54) is 11.8 Å². The number of methoxy groups -OCH3 is 1. The summed E-state index contributed by atoms with van der Waals surface area (Å²) in [5, 5.41) is 3.58. The Bertz CT molecular complexity index is 826. The first-order chi connectivity index (χ1) is 13.1. The quantitative estimate of drug-likeness (QED) is 0.745. The van der Waals surface area contributed by atoms with E-state index in [2.05, 4.69) is 5.32 Å². The van der Waals surface area contributed by atoms with E-state index in [9.17, 15) is 9.59 Å². The summed E-state index contributed by atoms with van der Waals surface area (Å²) in [5.74, 6) is 1.68. The Balaban J connectivity index is 1.55. The number of benzene rings is 2. The van der Waals surface area contributed by atoms with Crippen molar-refractivity contribution in [3.05, 3.63) is 53.1 Å². The summed E-state index contributed by atoms with van der Waals surface area (Å²) >= 11 is 7.40. The second-order valence-electron chi connectivity index (χ2n) is 6.20. The lowest BCUT2D eigenvalue weighted by molar-refractivity contribution is -0.117. The molecule has 27 heavy (non-hydrogen) atoms. The third kappa shape index (κ3) is 5.17. The van der Waals surface area contributed by atoms with Gasteiger partial charge in [0.05, 0.1) is 18.6 Å². The van der Waals surface area contributed by atoms with Crippen molar-refractivity contribution in [1.82, 2.24) is 0 Å². The molecule has 1 saturated heterocycles. The highest BCUT2D eigenvalue weighted by atomic mass is 35.5. The number of carbonyl (C=O) groups is 2. The number of halogens is 1. The number of carbonyl (C=O) groups excluding carboxylic acids is 2. The highest BCUT2D eigenvalue weighted by molar-refractivity contribution is 7.99. The zero-order valence-corrected chi connectivity index (χ0v) is 16.6. The van der Waals surface area contributed by atoms with Gasteiger partial charge in [0.2, 0.25) is 11.8 Å². The number of amides is 2. The molecule has 0 atom stereocenters. The lowest BCUT2D eigenvalue weighted by atomic mass is 10.2. The molecule has 1 heterocycles. The maximum atomic E-state index is 12.2. The van der Waals surface area contributed by atoms with E-state index in [4.69, 9.17) is 16.3 Å². The molecule has 1 aliphatic heterocycles. The Morgan fingerprint density at radius 3 is 2.70 bits per heavy atom. The van der Waals surface area contributed by atoms with Gasteiger partial charge >= 0.3 is 0 Å². The first-order valence-corrected chi connectivity index (χ1v) is 10.2. The Morgan fingerprint density at radius 2 is 2.04 bits per heavy atom.